The number of H-pyrrole nitrogens is 1. The Morgan fingerprint density at radius 1 is 1.36 bits per heavy atom. The maximum Gasteiger partial charge on any atom is 0.261 e. The third-order valence-electron chi connectivity index (χ3n) is 4.55. The van der Waals surface area contributed by atoms with Crippen molar-refractivity contribution in [3.05, 3.63) is 57.0 Å². The average molecular weight is 342 g/mol. The topological polar surface area (TPSA) is 80.4 Å². The smallest absolute Gasteiger partial charge is 0.261 e. The predicted molar refractivity (Wildman–Crippen MR) is 94.6 cm³/mol. The number of rotatable bonds is 4. The number of hydrogen-bond acceptors (Lipinski definition) is 4. The van der Waals surface area contributed by atoms with E-state index in [9.17, 15) is 9.59 Å². The first kappa shape index (κ1) is 17.1. The molecule has 2 N–H and O–H groups in total. The summed E-state index contributed by atoms with van der Waals surface area (Å²) in [5, 5.41) is 2.85. The normalized spacial score (nSPS) is 15.9. The van der Waals surface area contributed by atoms with Crippen LogP contribution in [-0.2, 0) is 6.42 Å². The largest absolute Gasteiger partial charge is 0.497 e. The maximum atomic E-state index is 12.3. The molecule has 1 amide bonds. The molecular weight excluding hydrogens is 320 g/mol. The summed E-state index contributed by atoms with van der Waals surface area (Å²) < 4.78 is 11.0. The number of amides is 1. The summed E-state index contributed by atoms with van der Waals surface area (Å²) in [4.78, 5) is 27.0. The van der Waals surface area contributed by atoms with Crippen LogP contribution in [0.25, 0.3) is 0 Å². The second-order valence-electron chi connectivity index (χ2n) is 6.38. The molecule has 25 heavy (non-hydrogen) atoms. The molecule has 1 atom stereocenters. The van der Waals surface area contributed by atoms with Gasteiger partial charge in [0.1, 0.15) is 17.1 Å². The van der Waals surface area contributed by atoms with Gasteiger partial charge in [-0.3, -0.25) is 9.59 Å². The van der Waals surface area contributed by atoms with Crippen LogP contribution in [0.15, 0.2) is 29.1 Å². The van der Waals surface area contributed by atoms with Crippen molar-refractivity contribution in [3.8, 4) is 11.5 Å². The number of ether oxygens (including phenoxy) is 2. The number of nitrogens with one attached hydrogen (secondary N) is 2. The summed E-state index contributed by atoms with van der Waals surface area (Å²) in [6, 6.07) is 7.38. The standard InChI is InChI=1S/C19H22N2O4/c1-11-6-16(19(23)21-12(11)2)18(22)20-9-13-7-14-4-5-15(24-3)8-17(14)25-10-13/h4-6,8,13H,7,9-10H2,1-3H3,(H,20,22)(H,21,23). The monoisotopic (exact) mass is 342 g/mol. The lowest BCUT2D eigenvalue weighted by molar-refractivity contribution is 0.0937. The van der Waals surface area contributed by atoms with Crippen molar-refractivity contribution >= 4 is 5.91 Å². The molecule has 1 unspecified atom stereocenters. The lowest BCUT2D eigenvalue weighted by Gasteiger charge is -2.25. The molecule has 6 heteroatoms. The second-order valence-corrected chi connectivity index (χ2v) is 6.38. The third-order valence-corrected chi connectivity index (χ3v) is 4.55. The number of fused-ring (bicyclic) bond motifs is 1. The Kier molecular flexibility index (Phi) is 4.79. The minimum Gasteiger partial charge on any atom is -0.497 e. The highest BCUT2D eigenvalue weighted by Gasteiger charge is 2.22. The summed E-state index contributed by atoms with van der Waals surface area (Å²) in [6.45, 7) is 4.65. The van der Waals surface area contributed by atoms with Gasteiger partial charge in [0, 0.05) is 24.2 Å². The van der Waals surface area contributed by atoms with Crippen LogP contribution in [-0.4, -0.2) is 31.2 Å². The van der Waals surface area contributed by atoms with Crippen molar-refractivity contribution in [1.82, 2.24) is 10.3 Å². The van der Waals surface area contributed by atoms with Crippen LogP contribution in [0.4, 0.5) is 0 Å². The Bertz CT molecular complexity index is 857. The van der Waals surface area contributed by atoms with Gasteiger partial charge in [-0.05, 0) is 43.5 Å². The molecule has 0 bridgehead atoms. The maximum absolute atomic E-state index is 12.3. The highest BCUT2D eigenvalue weighted by molar-refractivity contribution is 5.94. The molecule has 0 radical (unpaired) electrons. The fourth-order valence-electron chi connectivity index (χ4n) is 2.90. The molecule has 1 aliphatic heterocycles. The summed E-state index contributed by atoms with van der Waals surface area (Å²) in [7, 11) is 1.62. The number of carbonyl (C=O) groups excluding carboxylic acids is 1. The number of aromatic amines is 1. The first-order chi connectivity index (χ1) is 12.0. The first-order valence-electron chi connectivity index (χ1n) is 8.26. The van der Waals surface area contributed by atoms with Gasteiger partial charge in [0.15, 0.2) is 0 Å². The highest BCUT2D eigenvalue weighted by Crippen LogP contribution is 2.30. The van der Waals surface area contributed by atoms with E-state index in [2.05, 4.69) is 10.3 Å². The minimum atomic E-state index is -0.363. The van der Waals surface area contributed by atoms with E-state index in [-0.39, 0.29) is 22.9 Å². The summed E-state index contributed by atoms with van der Waals surface area (Å²) in [5.74, 6) is 1.40. The molecule has 0 saturated heterocycles. The average Bonchev–Trinajstić information content (AvgIpc) is 2.62. The quantitative estimate of drug-likeness (QED) is 0.890. The van der Waals surface area contributed by atoms with Crippen molar-refractivity contribution in [2.45, 2.75) is 20.3 Å². The van der Waals surface area contributed by atoms with Crippen molar-refractivity contribution in [1.29, 1.82) is 0 Å². The van der Waals surface area contributed by atoms with E-state index in [1.165, 1.54) is 0 Å². The molecule has 0 fully saturated rings. The number of methoxy groups -OCH3 is 1. The van der Waals surface area contributed by atoms with Crippen molar-refractivity contribution in [3.63, 3.8) is 0 Å². The van der Waals surface area contributed by atoms with E-state index in [0.29, 0.717) is 13.2 Å². The predicted octanol–water partition coefficient (Wildman–Crippen LogP) is 1.98. The molecule has 3 rings (SSSR count). The van der Waals surface area contributed by atoms with E-state index in [4.69, 9.17) is 9.47 Å². The number of hydrogen-bond donors (Lipinski definition) is 2. The number of pyridine rings is 1. The van der Waals surface area contributed by atoms with Gasteiger partial charge < -0.3 is 19.8 Å². The molecule has 132 valence electrons. The van der Waals surface area contributed by atoms with Crippen LogP contribution >= 0.6 is 0 Å². The SMILES string of the molecule is COc1ccc2c(c1)OCC(CNC(=O)c1cc(C)c(C)[nH]c1=O)C2. The molecule has 1 aromatic carbocycles. The summed E-state index contributed by atoms with van der Waals surface area (Å²) >= 11 is 0. The van der Waals surface area contributed by atoms with E-state index in [0.717, 1.165) is 34.7 Å². The summed E-state index contributed by atoms with van der Waals surface area (Å²) in [6.07, 6.45) is 0.808. The van der Waals surface area contributed by atoms with Crippen molar-refractivity contribution < 1.29 is 14.3 Å². The third kappa shape index (κ3) is 3.68. The fourth-order valence-corrected chi connectivity index (χ4v) is 2.90. The van der Waals surface area contributed by atoms with Gasteiger partial charge in [0.05, 0.1) is 13.7 Å². The number of aromatic nitrogens is 1. The Hall–Kier alpha value is -2.76. The molecule has 1 aromatic heterocycles. The Balaban J connectivity index is 1.63. The van der Waals surface area contributed by atoms with Crippen LogP contribution in [0.3, 0.4) is 0 Å². The zero-order valence-corrected chi connectivity index (χ0v) is 14.6. The zero-order chi connectivity index (χ0) is 18.0. The van der Waals surface area contributed by atoms with Gasteiger partial charge in [-0.1, -0.05) is 6.07 Å². The van der Waals surface area contributed by atoms with Crippen molar-refractivity contribution in [2.75, 3.05) is 20.3 Å². The number of carbonyl (C=O) groups is 1. The molecule has 6 nitrogen and oxygen atoms in total. The number of aryl methyl sites for hydroxylation is 2. The Morgan fingerprint density at radius 3 is 2.92 bits per heavy atom. The molecule has 0 aliphatic carbocycles. The van der Waals surface area contributed by atoms with Gasteiger partial charge in [-0.2, -0.15) is 0 Å². The lowest BCUT2D eigenvalue weighted by atomic mass is 9.96. The van der Waals surface area contributed by atoms with Gasteiger partial charge in [-0.15, -0.1) is 0 Å². The first-order valence-corrected chi connectivity index (χ1v) is 8.26. The fraction of sp³-hybridized carbons (Fsp3) is 0.368. The molecule has 1 aliphatic rings. The minimum absolute atomic E-state index is 0.143. The molecule has 0 saturated carbocycles. The molecular formula is C19H22N2O4. The van der Waals surface area contributed by atoms with Crippen LogP contribution in [0.5, 0.6) is 11.5 Å². The van der Waals surface area contributed by atoms with Crippen molar-refractivity contribution in [2.24, 2.45) is 5.92 Å². The van der Waals surface area contributed by atoms with Crippen LogP contribution in [0, 0.1) is 19.8 Å². The van der Waals surface area contributed by atoms with Gasteiger partial charge in [0.2, 0.25) is 0 Å². The van der Waals surface area contributed by atoms with Gasteiger partial charge >= 0.3 is 0 Å². The second kappa shape index (κ2) is 7.01. The van der Waals surface area contributed by atoms with E-state index < -0.39 is 0 Å². The van der Waals surface area contributed by atoms with Crippen LogP contribution < -0.4 is 20.3 Å². The van der Waals surface area contributed by atoms with Gasteiger partial charge in [-0.25, -0.2) is 0 Å². The van der Waals surface area contributed by atoms with E-state index >= 15 is 0 Å². The lowest BCUT2D eigenvalue weighted by Crippen LogP contribution is -2.37. The van der Waals surface area contributed by atoms with Crippen LogP contribution in [0.1, 0.15) is 27.2 Å². The molecule has 2 heterocycles. The van der Waals surface area contributed by atoms with E-state index in [1.807, 2.05) is 32.0 Å². The number of benzene rings is 1. The summed E-state index contributed by atoms with van der Waals surface area (Å²) in [5.41, 5.74) is 2.53. The Morgan fingerprint density at radius 2 is 2.16 bits per heavy atom. The molecule has 0 spiro atoms. The molecule has 2 aromatic rings. The van der Waals surface area contributed by atoms with E-state index in [1.54, 1.807) is 13.2 Å². The van der Waals surface area contributed by atoms with Gasteiger partial charge in [0.25, 0.3) is 11.5 Å². The Labute approximate surface area is 146 Å². The highest BCUT2D eigenvalue weighted by atomic mass is 16.5. The van der Waals surface area contributed by atoms with Crippen LogP contribution in [0.2, 0.25) is 0 Å². The zero-order valence-electron chi connectivity index (χ0n) is 14.6.